The van der Waals surface area contributed by atoms with E-state index in [0.717, 1.165) is 40.2 Å². The number of allylic oxidation sites excluding steroid dienone is 1. The van der Waals surface area contributed by atoms with E-state index >= 15 is 0 Å². The number of methoxy groups -OCH3 is 2. The van der Waals surface area contributed by atoms with E-state index in [-0.39, 0.29) is 5.88 Å². The summed E-state index contributed by atoms with van der Waals surface area (Å²) >= 11 is 5.54. The van der Waals surface area contributed by atoms with Crippen LogP contribution < -0.4 is 14.2 Å². The second-order valence-electron chi connectivity index (χ2n) is 6.80. The van der Waals surface area contributed by atoms with Crippen LogP contribution in [0.1, 0.15) is 30.0 Å². The highest BCUT2D eigenvalue weighted by molar-refractivity contribution is 6.26. The Hall–Kier alpha value is -3.24. The lowest BCUT2D eigenvalue weighted by Crippen LogP contribution is -2.08. The van der Waals surface area contributed by atoms with Crippen molar-refractivity contribution in [1.82, 2.24) is 0 Å². The van der Waals surface area contributed by atoms with Crippen LogP contribution in [0.4, 0.5) is 0 Å². The molecule has 0 aliphatic heterocycles. The van der Waals surface area contributed by atoms with Crippen LogP contribution in [0.5, 0.6) is 17.2 Å². The van der Waals surface area contributed by atoms with Gasteiger partial charge in [-0.25, -0.2) is 0 Å². The van der Waals surface area contributed by atoms with Crippen molar-refractivity contribution in [2.75, 3.05) is 20.1 Å². The van der Waals surface area contributed by atoms with Gasteiger partial charge in [0.05, 0.1) is 14.2 Å². The molecule has 0 bridgehead atoms. The molecular weight excluding hydrogens is 412 g/mol. The van der Waals surface area contributed by atoms with Crippen LogP contribution in [-0.4, -0.2) is 26.1 Å². The van der Waals surface area contributed by atoms with Gasteiger partial charge in [-0.05, 0) is 70.7 Å². The third-order valence-corrected chi connectivity index (χ3v) is 5.17. The number of halogens is 1. The van der Waals surface area contributed by atoms with Crippen molar-refractivity contribution in [2.24, 2.45) is 0 Å². The van der Waals surface area contributed by atoms with Gasteiger partial charge in [-0.3, -0.25) is 4.79 Å². The quantitative estimate of drug-likeness (QED) is 0.182. The van der Waals surface area contributed by atoms with E-state index in [9.17, 15) is 4.79 Å². The first-order valence-electron chi connectivity index (χ1n) is 9.98. The lowest BCUT2D eigenvalue weighted by Gasteiger charge is -2.17. The van der Waals surface area contributed by atoms with Gasteiger partial charge in [0.1, 0.15) is 23.1 Å². The maximum atomic E-state index is 11.5. The molecule has 0 saturated heterocycles. The summed E-state index contributed by atoms with van der Waals surface area (Å²) in [4.78, 5) is 11.5. The Morgan fingerprint density at radius 1 is 0.710 bits per heavy atom. The number of carbonyl (C=O) groups is 1. The summed E-state index contributed by atoms with van der Waals surface area (Å²) in [6, 6.07) is 23.5. The molecule has 0 aliphatic rings. The van der Waals surface area contributed by atoms with E-state index in [0.29, 0.717) is 5.75 Å². The average Bonchev–Trinajstić information content (AvgIpc) is 2.83. The molecule has 0 unspecified atom stereocenters. The molecule has 0 N–H and O–H groups in total. The fraction of sp³-hybridized carbons (Fsp3) is 0.192. The SMILES string of the molecule is CC/C(=C(/c1ccc(OC)cc1)c1ccc(OC(=O)CCl)cc1)c1ccc(OC)cc1. The Kier molecular flexibility index (Phi) is 7.74. The molecule has 0 atom stereocenters. The first-order valence-corrected chi connectivity index (χ1v) is 10.5. The molecule has 5 heteroatoms. The summed E-state index contributed by atoms with van der Waals surface area (Å²) in [6.07, 6.45) is 0.830. The standard InChI is InChI=1S/C26H25ClO4/c1-4-24(18-5-11-21(29-2)12-6-18)26(19-7-13-22(30-3)14-8-19)20-9-15-23(16-10-20)31-25(28)17-27/h5-16H,4,17H2,1-3H3/b26-24+. The van der Waals surface area contributed by atoms with Crippen LogP contribution in [-0.2, 0) is 4.79 Å². The molecule has 3 aromatic carbocycles. The largest absolute Gasteiger partial charge is 0.497 e. The van der Waals surface area contributed by atoms with Crippen molar-refractivity contribution in [2.45, 2.75) is 13.3 Å². The zero-order chi connectivity index (χ0) is 22.2. The fourth-order valence-corrected chi connectivity index (χ4v) is 3.49. The van der Waals surface area contributed by atoms with Crippen LogP contribution >= 0.6 is 11.6 Å². The maximum Gasteiger partial charge on any atom is 0.326 e. The van der Waals surface area contributed by atoms with Crippen molar-refractivity contribution in [3.63, 3.8) is 0 Å². The Morgan fingerprint density at radius 3 is 1.52 bits per heavy atom. The molecule has 4 nitrogen and oxygen atoms in total. The van der Waals surface area contributed by atoms with Gasteiger partial charge in [-0.15, -0.1) is 11.6 Å². The predicted molar refractivity (Wildman–Crippen MR) is 125 cm³/mol. The zero-order valence-electron chi connectivity index (χ0n) is 17.9. The van der Waals surface area contributed by atoms with Crippen LogP contribution in [0.15, 0.2) is 72.8 Å². The summed E-state index contributed by atoms with van der Waals surface area (Å²) in [6.45, 7) is 2.14. The molecule has 0 radical (unpaired) electrons. The van der Waals surface area contributed by atoms with E-state index in [1.807, 2.05) is 36.4 Å². The monoisotopic (exact) mass is 436 g/mol. The maximum absolute atomic E-state index is 11.5. The van der Waals surface area contributed by atoms with E-state index < -0.39 is 5.97 Å². The molecule has 160 valence electrons. The van der Waals surface area contributed by atoms with Gasteiger partial charge in [-0.2, -0.15) is 0 Å². The van der Waals surface area contributed by atoms with Crippen molar-refractivity contribution in [1.29, 1.82) is 0 Å². The minimum atomic E-state index is -0.479. The molecule has 0 aliphatic carbocycles. The number of rotatable bonds is 8. The molecule has 0 amide bonds. The van der Waals surface area contributed by atoms with Gasteiger partial charge in [0.25, 0.3) is 0 Å². The number of alkyl halides is 1. The first-order chi connectivity index (χ1) is 15.1. The van der Waals surface area contributed by atoms with E-state index in [4.69, 9.17) is 25.8 Å². The minimum Gasteiger partial charge on any atom is -0.497 e. The molecule has 0 fully saturated rings. The van der Waals surface area contributed by atoms with Gasteiger partial charge in [0.15, 0.2) is 0 Å². The third kappa shape index (κ3) is 5.47. The molecule has 0 aromatic heterocycles. The van der Waals surface area contributed by atoms with Crippen LogP contribution in [0, 0.1) is 0 Å². The van der Waals surface area contributed by atoms with Crippen molar-refractivity contribution in [3.8, 4) is 17.2 Å². The topological polar surface area (TPSA) is 44.8 Å². The number of esters is 1. The smallest absolute Gasteiger partial charge is 0.326 e. The number of ether oxygens (including phenoxy) is 3. The Bertz CT molecular complexity index is 1040. The number of hydrogen-bond acceptors (Lipinski definition) is 4. The highest BCUT2D eigenvalue weighted by Crippen LogP contribution is 2.36. The Labute approximate surface area is 188 Å². The van der Waals surface area contributed by atoms with Crippen LogP contribution in [0.3, 0.4) is 0 Å². The highest BCUT2D eigenvalue weighted by atomic mass is 35.5. The third-order valence-electron chi connectivity index (χ3n) is 4.96. The average molecular weight is 437 g/mol. The van der Waals surface area contributed by atoms with E-state index in [1.54, 1.807) is 26.4 Å². The number of benzene rings is 3. The lowest BCUT2D eigenvalue weighted by molar-refractivity contribution is -0.131. The molecule has 3 aromatic rings. The van der Waals surface area contributed by atoms with Crippen molar-refractivity contribution in [3.05, 3.63) is 89.5 Å². The summed E-state index contributed by atoms with van der Waals surface area (Å²) in [5.74, 6) is 1.42. The Balaban J connectivity index is 2.13. The summed E-state index contributed by atoms with van der Waals surface area (Å²) in [7, 11) is 3.31. The Morgan fingerprint density at radius 2 is 1.13 bits per heavy atom. The van der Waals surface area contributed by atoms with Gasteiger partial charge in [0, 0.05) is 0 Å². The van der Waals surface area contributed by atoms with Gasteiger partial charge in [-0.1, -0.05) is 43.3 Å². The first kappa shape index (κ1) is 22.4. The summed E-state index contributed by atoms with van der Waals surface area (Å²) < 4.78 is 15.9. The second-order valence-corrected chi connectivity index (χ2v) is 7.06. The molecule has 0 saturated carbocycles. The van der Waals surface area contributed by atoms with Crippen molar-refractivity contribution >= 4 is 28.7 Å². The second kappa shape index (κ2) is 10.7. The number of carbonyl (C=O) groups excluding carboxylic acids is 1. The number of hydrogen-bond donors (Lipinski definition) is 0. The molecular formula is C26H25ClO4. The molecule has 0 heterocycles. The van der Waals surface area contributed by atoms with E-state index in [1.165, 1.54) is 5.57 Å². The summed E-state index contributed by atoms with van der Waals surface area (Å²) in [5.41, 5.74) is 5.50. The van der Waals surface area contributed by atoms with Crippen LogP contribution in [0.2, 0.25) is 0 Å². The van der Waals surface area contributed by atoms with Gasteiger partial charge < -0.3 is 14.2 Å². The van der Waals surface area contributed by atoms with E-state index in [2.05, 4.69) is 31.2 Å². The highest BCUT2D eigenvalue weighted by Gasteiger charge is 2.14. The zero-order valence-corrected chi connectivity index (χ0v) is 18.6. The molecule has 3 rings (SSSR count). The predicted octanol–water partition coefficient (Wildman–Crippen LogP) is 6.22. The van der Waals surface area contributed by atoms with Crippen LogP contribution in [0.25, 0.3) is 11.1 Å². The lowest BCUT2D eigenvalue weighted by atomic mass is 9.88. The fourth-order valence-electron chi connectivity index (χ4n) is 3.44. The summed E-state index contributed by atoms with van der Waals surface area (Å²) in [5, 5.41) is 0. The molecule has 0 spiro atoms. The minimum absolute atomic E-state index is 0.184. The molecule has 31 heavy (non-hydrogen) atoms. The van der Waals surface area contributed by atoms with Gasteiger partial charge in [0.2, 0.25) is 0 Å². The normalized spacial score (nSPS) is 11.5. The van der Waals surface area contributed by atoms with Crippen molar-refractivity contribution < 1.29 is 19.0 Å². The van der Waals surface area contributed by atoms with Gasteiger partial charge >= 0.3 is 5.97 Å².